The van der Waals surface area contributed by atoms with Crippen LogP contribution in [0.2, 0.25) is 0 Å². The lowest BCUT2D eigenvalue weighted by molar-refractivity contribution is -0.132. The van der Waals surface area contributed by atoms with Crippen molar-refractivity contribution in [2.45, 2.75) is 32.1 Å². The van der Waals surface area contributed by atoms with E-state index < -0.39 is 0 Å². The van der Waals surface area contributed by atoms with Crippen molar-refractivity contribution in [3.05, 3.63) is 0 Å². The van der Waals surface area contributed by atoms with Crippen molar-refractivity contribution in [1.82, 2.24) is 5.32 Å². The van der Waals surface area contributed by atoms with Crippen LogP contribution >= 0.6 is 0 Å². The lowest BCUT2D eigenvalue weighted by Crippen LogP contribution is -2.47. The highest BCUT2D eigenvalue weighted by Crippen LogP contribution is 2.35. The minimum absolute atomic E-state index is 0.113. The number of amides is 1. The highest BCUT2D eigenvalue weighted by atomic mass is 16.5. The summed E-state index contributed by atoms with van der Waals surface area (Å²) in [4.78, 5) is 12.0. The van der Waals surface area contributed by atoms with Gasteiger partial charge < -0.3 is 15.8 Å². The smallest absolute Gasteiger partial charge is 0.227 e. The third-order valence-electron chi connectivity index (χ3n) is 3.27. The molecule has 1 amide bonds. The van der Waals surface area contributed by atoms with Crippen molar-refractivity contribution in [1.29, 1.82) is 0 Å². The van der Waals surface area contributed by atoms with Gasteiger partial charge in [0.05, 0.1) is 12.0 Å². The number of carbonyl (C=O) groups excluding carboxylic acids is 1. The molecule has 0 aromatic carbocycles. The predicted octanol–water partition coefficient (Wildman–Crippen LogP) is 0.658. The third kappa shape index (κ3) is 3.18. The second kappa shape index (κ2) is 6.08. The highest BCUT2D eigenvalue weighted by Gasteiger charge is 2.37. The molecule has 0 heterocycles. The molecule has 0 bridgehead atoms. The van der Waals surface area contributed by atoms with Gasteiger partial charge in [-0.2, -0.15) is 0 Å². The second-order valence-corrected chi connectivity index (χ2v) is 4.29. The first kappa shape index (κ1) is 12.5. The predicted molar refractivity (Wildman–Crippen MR) is 59.5 cm³/mol. The van der Waals surface area contributed by atoms with Crippen LogP contribution in [-0.2, 0) is 9.53 Å². The van der Waals surface area contributed by atoms with Gasteiger partial charge in [-0.3, -0.25) is 4.79 Å². The molecule has 15 heavy (non-hydrogen) atoms. The summed E-state index contributed by atoms with van der Waals surface area (Å²) in [6, 6.07) is 0. The van der Waals surface area contributed by atoms with E-state index in [0.29, 0.717) is 19.7 Å². The van der Waals surface area contributed by atoms with Gasteiger partial charge in [0.25, 0.3) is 0 Å². The quantitative estimate of drug-likeness (QED) is 0.661. The number of rotatable bonds is 5. The topological polar surface area (TPSA) is 64.3 Å². The summed E-state index contributed by atoms with van der Waals surface area (Å²) in [6.07, 6.45) is 5.33. The van der Waals surface area contributed by atoms with E-state index in [0.717, 1.165) is 25.7 Å². The standard InChI is InChI=1S/C11H22N2O2/c1-15-8-7-13-10(14)11(9-12)5-3-2-4-6-11/h2-9,12H2,1H3,(H,13,14). The first-order valence-electron chi connectivity index (χ1n) is 5.72. The molecule has 0 spiro atoms. The van der Waals surface area contributed by atoms with Gasteiger partial charge in [-0.15, -0.1) is 0 Å². The molecule has 4 heteroatoms. The summed E-state index contributed by atoms with van der Waals surface area (Å²) in [6.45, 7) is 1.61. The average Bonchev–Trinajstić information content (AvgIpc) is 2.30. The molecule has 4 nitrogen and oxygen atoms in total. The number of carbonyl (C=O) groups is 1. The van der Waals surface area contributed by atoms with Crippen molar-refractivity contribution < 1.29 is 9.53 Å². The van der Waals surface area contributed by atoms with Gasteiger partial charge in [0, 0.05) is 20.2 Å². The molecular formula is C11H22N2O2. The van der Waals surface area contributed by atoms with Gasteiger partial charge in [0.15, 0.2) is 0 Å². The van der Waals surface area contributed by atoms with Gasteiger partial charge in [-0.1, -0.05) is 19.3 Å². The number of methoxy groups -OCH3 is 1. The fourth-order valence-electron chi connectivity index (χ4n) is 2.21. The fraction of sp³-hybridized carbons (Fsp3) is 0.909. The van der Waals surface area contributed by atoms with Gasteiger partial charge in [0.2, 0.25) is 5.91 Å². The number of nitrogens with one attached hydrogen (secondary N) is 1. The Morgan fingerprint density at radius 3 is 2.60 bits per heavy atom. The van der Waals surface area contributed by atoms with Crippen LogP contribution in [0.1, 0.15) is 32.1 Å². The molecule has 0 saturated heterocycles. The van der Waals surface area contributed by atoms with Gasteiger partial charge in [0.1, 0.15) is 0 Å². The molecule has 0 atom stereocenters. The summed E-state index contributed by atoms with van der Waals surface area (Å²) in [5.41, 5.74) is 5.45. The van der Waals surface area contributed by atoms with Gasteiger partial charge >= 0.3 is 0 Å². The lowest BCUT2D eigenvalue weighted by Gasteiger charge is -2.34. The van der Waals surface area contributed by atoms with Crippen LogP contribution in [0.5, 0.6) is 0 Å². The summed E-state index contributed by atoms with van der Waals surface area (Å²) in [5.74, 6) is 0.113. The third-order valence-corrected chi connectivity index (χ3v) is 3.27. The molecule has 88 valence electrons. The first-order valence-corrected chi connectivity index (χ1v) is 5.72. The Hall–Kier alpha value is -0.610. The largest absolute Gasteiger partial charge is 0.383 e. The van der Waals surface area contributed by atoms with Crippen LogP contribution in [0.3, 0.4) is 0 Å². The highest BCUT2D eigenvalue weighted by molar-refractivity contribution is 5.83. The Bertz CT molecular complexity index is 201. The van der Waals surface area contributed by atoms with Crippen LogP contribution in [0.4, 0.5) is 0 Å². The normalized spacial score (nSPS) is 19.9. The summed E-state index contributed by atoms with van der Waals surface area (Å²) in [7, 11) is 1.63. The Balaban J connectivity index is 2.45. The van der Waals surface area contributed by atoms with E-state index in [1.165, 1.54) is 6.42 Å². The monoisotopic (exact) mass is 214 g/mol. The zero-order valence-electron chi connectivity index (χ0n) is 9.55. The minimum atomic E-state index is -0.300. The molecule has 0 aromatic heterocycles. The molecule has 0 aliphatic heterocycles. The molecular weight excluding hydrogens is 192 g/mol. The molecule has 1 fully saturated rings. The van der Waals surface area contributed by atoms with Crippen molar-refractivity contribution >= 4 is 5.91 Å². The van der Waals surface area contributed by atoms with E-state index in [1.54, 1.807) is 7.11 Å². The van der Waals surface area contributed by atoms with E-state index in [2.05, 4.69) is 5.32 Å². The fourth-order valence-corrected chi connectivity index (χ4v) is 2.21. The van der Waals surface area contributed by atoms with Crippen LogP contribution < -0.4 is 11.1 Å². The van der Waals surface area contributed by atoms with Gasteiger partial charge in [-0.25, -0.2) is 0 Å². The SMILES string of the molecule is COCCNC(=O)C1(CN)CCCCC1. The molecule has 1 saturated carbocycles. The minimum Gasteiger partial charge on any atom is -0.383 e. The molecule has 0 unspecified atom stereocenters. The molecule has 1 aliphatic rings. The zero-order chi connectivity index (χ0) is 11.1. The number of ether oxygens (including phenoxy) is 1. The van der Waals surface area contributed by atoms with Crippen LogP contribution in [0, 0.1) is 5.41 Å². The summed E-state index contributed by atoms with van der Waals surface area (Å²) >= 11 is 0. The van der Waals surface area contributed by atoms with Crippen LogP contribution in [0.25, 0.3) is 0 Å². The first-order chi connectivity index (χ1) is 7.25. The van der Waals surface area contributed by atoms with E-state index in [4.69, 9.17) is 10.5 Å². The van der Waals surface area contributed by atoms with E-state index >= 15 is 0 Å². The molecule has 1 rings (SSSR count). The maximum Gasteiger partial charge on any atom is 0.227 e. The Kier molecular flexibility index (Phi) is 5.05. The second-order valence-electron chi connectivity index (χ2n) is 4.29. The number of nitrogens with two attached hydrogens (primary N) is 1. The summed E-state index contributed by atoms with van der Waals surface area (Å²) in [5, 5.41) is 2.90. The Morgan fingerprint density at radius 1 is 1.40 bits per heavy atom. The van der Waals surface area contributed by atoms with Crippen molar-refractivity contribution in [3.63, 3.8) is 0 Å². The Labute approximate surface area is 91.5 Å². The molecule has 3 N–H and O–H groups in total. The average molecular weight is 214 g/mol. The number of hydrogen-bond acceptors (Lipinski definition) is 3. The van der Waals surface area contributed by atoms with Crippen molar-refractivity contribution in [3.8, 4) is 0 Å². The van der Waals surface area contributed by atoms with Crippen LogP contribution in [0.15, 0.2) is 0 Å². The molecule has 0 aromatic rings. The maximum absolute atomic E-state index is 12.0. The van der Waals surface area contributed by atoms with E-state index in [9.17, 15) is 4.79 Å². The van der Waals surface area contributed by atoms with Crippen molar-refractivity contribution in [2.24, 2.45) is 11.1 Å². The zero-order valence-corrected chi connectivity index (χ0v) is 9.55. The summed E-state index contributed by atoms with van der Waals surface area (Å²) < 4.78 is 4.90. The van der Waals surface area contributed by atoms with Crippen molar-refractivity contribution in [2.75, 3.05) is 26.8 Å². The van der Waals surface area contributed by atoms with E-state index in [-0.39, 0.29) is 11.3 Å². The molecule has 1 aliphatic carbocycles. The van der Waals surface area contributed by atoms with Crippen LogP contribution in [-0.4, -0.2) is 32.7 Å². The lowest BCUT2D eigenvalue weighted by atomic mass is 9.73. The maximum atomic E-state index is 12.0. The Morgan fingerprint density at radius 2 is 2.07 bits per heavy atom. The molecule has 0 radical (unpaired) electrons. The van der Waals surface area contributed by atoms with Gasteiger partial charge in [-0.05, 0) is 12.8 Å². The van der Waals surface area contributed by atoms with E-state index in [1.807, 2.05) is 0 Å². The number of hydrogen-bond donors (Lipinski definition) is 2.